The molecule has 1 aliphatic heterocycles. The number of aromatic nitrogens is 2. The molecule has 0 aromatic carbocycles. The van der Waals surface area contributed by atoms with E-state index in [1.807, 2.05) is 20.8 Å². The lowest BCUT2D eigenvalue weighted by Gasteiger charge is -2.26. The molecule has 1 saturated heterocycles. The van der Waals surface area contributed by atoms with Gasteiger partial charge in [0.1, 0.15) is 18.8 Å². The van der Waals surface area contributed by atoms with E-state index in [4.69, 9.17) is 4.74 Å². The Morgan fingerprint density at radius 2 is 1.96 bits per heavy atom. The van der Waals surface area contributed by atoms with Crippen molar-refractivity contribution < 1.29 is 19.2 Å². The molecule has 0 saturated carbocycles. The third-order valence-corrected chi connectivity index (χ3v) is 4.50. The van der Waals surface area contributed by atoms with Crippen molar-refractivity contribution in [3.63, 3.8) is 0 Å². The van der Waals surface area contributed by atoms with Gasteiger partial charge in [-0.05, 0) is 20.8 Å². The Balaban J connectivity index is 1.92. The molecule has 2 heterocycles. The van der Waals surface area contributed by atoms with Gasteiger partial charge in [0.15, 0.2) is 0 Å². The molecule has 27 heavy (non-hydrogen) atoms. The topological polar surface area (TPSA) is 88.9 Å². The number of rotatable bonds is 9. The molecule has 1 aromatic rings. The molecule has 8 nitrogen and oxygen atoms in total. The third kappa shape index (κ3) is 7.60. The number of quaternary nitrogens is 1. The van der Waals surface area contributed by atoms with Gasteiger partial charge in [0, 0.05) is 38.2 Å². The van der Waals surface area contributed by atoms with Crippen molar-refractivity contribution in [2.75, 3.05) is 45.9 Å². The summed E-state index contributed by atoms with van der Waals surface area (Å²) in [4.78, 5) is 36.4. The molecule has 2 amide bonds. The normalized spacial score (nSPS) is 15.0. The lowest BCUT2D eigenvalue weighted by molar-refractivity contribution is -0.908. The van der Waals surface area contributed by atoms with Crippen molar-refractivity contribution in [1.82, 2.24) is 20.2 Å². The van der Waals surface area contributed by atoms with Crippen LogP contribution in [0.5, 0.6) is 0 Å². The van der Waals surface area contributed by atoms with Crippen molar-refractivity contribution >= 4 is 11.8 Å². The van der Waals surface area contributed by atoms with Crippen LogP contribution in [0.3, 0.4) is 0 Å². The van der Waals surface area contributed by atoms with Gasteiger partial charge in [-0.1, -0.05) is 0 Å². The van der Waals surface area contributed by atoms with Crippen LogP contribution in [0.25, 0.3) is 0 Å². The van der Waals surface area contributed by atoms with Gasteiger partial charge in [0.2, 0.25) is 5.91 Å². The van der Waals surface area contributed by atoms with Gasteiger partial charge in [-0.2, -0.15) is 0 Å². The summed E-state index contributed by atoms with van der Waals surface area (Å²) in [7, 11) is 0. The molecule has 0 radical (unpaired) electrons. The largest absolute Gasteiger partial charge is 0.370 e. The molecule has 0 spiro atoms. The fraction of sp³-hybridized carbons (Fsp3) is 0.684. The van der Waals surface area contributed by atoms with Gasteiger partial charge >= 0.3 is 0 Å². The molecule has 0 atom stereocenters. The first-order valence-electron chi connectivity index (χ1n) is 9.74. The Morgan fingerprint density at radius 1 is 1.22 bits per heavy atom. The molecule has 0 aliphatic carbocycles. The Bertz CT molecular complexity index is 600. The number of carbonyl (C=O) groups excluding carboxylic acids is 2. The van der Waals surface area contributed by atoms with Crippen LogP contribution in [0.2, 0.25) is 0 Å². The number of hydrogen-bond acceptors (Lipinski definition) is 5. The van der Waals surface area contributed by atoms with Gasteiger partial charge in [0.25, 0.3) is 5.91 Å². The number of amides is 2. The van der Waals surface area contributed by atoms with E-state index < -0.39 is 0 Å². The molecule has 1 aromatic heterocycles. The van der Waals surface area contributed by atoms with E-state index in [9.17, 15) is 9.59 Å². The second-order valence-corrected chi connectivity index (χ2v) is 7.27. The highest BCUT2D eigenvalue weighted by molar-refractivity contribution is 5.92. The zero-order chi connectivity index (χ0) is 19.6. The molecule has 1 aliphatic rings. The van der Waals surface area contributed by atoms with Gasteiger partial charge in [-0.25, -0.2) is 4.98 Å². The third-order valence-electron chi connectivity index (χ3n) is 4.50. The average molecular weight is 378 g/mol. The summed E-state index contributed by atoms with van der Waals surface area (Å²) in [6.45, 7) is 11.3. The number of aryl methyl sites for hydroxylation is 1. The van der Waals surface area contributed by atoms with Crippen molar-refractivity contribution in [1.29, 1.82) is 0 Å². The van der Waals surface area contributed by atoms with E-state index in [0.29, 0.717) is 18.8 Å². The van der Waals surface area contributed by atoms with Crippen molar-refractivity contribution in [2.45, 2.75) is 39.7 Å². The van der Waals surface area contributed by atoms with Crippen LogP contribution in [0.1, 0.15) is 42.9 Å². The number of nitrogens with one attached hydrogen (secondary N) is 2. The molecule has 2 rings (SSSR count). The lowest BCUT2D eigenvalue weighted by Crippen LogP contribution is -3.14. The number of hydrogen-bond donors (Lipinski definition) is 2. The highest BCUT2D eigenvalue weighted by Crippen LogP contribution is 2.04. The molecule has 0 bridgehead atoms. The van der Waals surface area contributed by atoms with Crippen LogP contribution in [-0.4, -0.2) is 78.7 Å². The molecular formula is C19H32N5O3+. The van der Waals surface area contributed by atoms with Gasteiger partial charge < -0.3 is 19.9 Å². The zero-order valence-corrected chi connectivity index (χ0v) is 16.7. The minimum absolute atomic E-state index is 0.0448. The fourth-order valence-corrected chi connectivity index (χ4v) is 3.04. The maximum absolute atomic E-state index is 12.8. The summed E-state index contributed by atoms with van der Waals surface area (Å²) in [5.41, 5.74) is 1.09. The molecule has 150 valence electrons. The molecule has 2 N–H and O–H groups in total. The van der Waals surface area contributed by atoms with Crippen LogP contribution in [0.4, 0.5) is 0 Å². The number of ether oxygens (including phenoxy) is 1. The Hall–Kier alpha value is -2.06. The maximum atomic E-state index is 12.8. The lowest BCUT2D eigenvalue weighted by atomic mass is 10.2. The number of nitrogens with zero attached hydrogens (tertiary/aromatic N) is 3. The van der Waals surface area contributed by atoms with Crippen molar-refractivity contribution in [3.8, 4) is 0 Å². The Morgan fingerprint density at radius 3 is 2.59 bits per heavy atom. The van der Waals surface area contributed by atoms with Crippen LogP contribution >= 0.6 is 0 Å². The summed E-state index contributed by atoms with van der Waals surface area (Å²) in [6, 6.07) is 0.0922. The minimum atomic E-state index is -0.170. The van der Waals surface area contributed by atoms with E-state index in [2.05, 4.69) is 15.3 Å². The maximum Gasteiger partial charge on any atom is 0.274 e. The first kappa shape index (κ1) is 21.2. The first-order valence-corrected chi connectivity index (χ1v) is 9.74. The monoisotopic (exact) mass is 378 g/mol. The molecular weight excluding hydrogens is 346 g/mol. The number of carbonyl (C=O) groups is 2. The summed E-state index contributed by atoms with van der Waals surface area (Å²) in [5, 5.41) is 2.87. The fourth-order valence-electron chi connectivity index (χ4n) is 3.04. The highest BCUT2D eigenvalue weighted by Gasteiger charge is 2.20. The van der Waals surface area contributed by atoms with Crippen LogP contribution < -0.4 is 10.2 Å². The quantitative estimate of drug-likeness (QED) is 0.602. The summed E-state index contributed by atoms with van der Waals surface area (Å²) >= 11 is 0. The van der Waals surface area contributed by atoms with Gasteiger partial charge in [-0.15, -0.1) is 0 Å². The molecule has 8 heteroatoms. The van der Waals surface area contributed by atoms with Gasteiger partial charge in [0.05, 0.1) is 31.6 Å². The standard InChI is InChI=1S/C19H31N5O3/c1-15(2)22-18(25)5-8-24(7-4-6-23-9-11-27-12-10-23)19(26)17-14-20-16(3)13-21-17/h13-15H,4-12H2,1-3H3,(H,22,25)/p+1. The van der Waals surface area contributed by atoms with E-state index in [1.54, 1.807) is 11.1 Å². The second kappa shape index (κ2) is 10.9. The van der Waals surface area contributed by atoms with E-state index in [-0.39, 0.29) is 24.3 Å². The van der Waals surface area contributed by atoms with E-state index >= 15 is 0 Å². The first-order chi connectivity index (χ1) is 13.0. The highest BCUT2D eigenvalue weighted by atomic mass is 16.5. The van der Waals surface area contributed by atoms with Crippen molar-refractivity contribution in [2.24, 2.45) is 0 Å². The predicted molar refractivity (Wildman–Crippen MR) is 102 cm³/mol. The molecule has 1 fully saturated rings. The van der Waals surface area contributed by atoms with Gasteiger partial charge in [-0.3, -0.25) is 14.6 Å². The predicted octanol–water partition coefficient (Wildman–Crippen LogP) is -0.553. The van der Waals surface area contributed by atoms with E-state index in [0.717, 1.165) is 45.0 Å². The Kier molecular flexibility index (Phi) is 8.60. The molecule has 0 unspecified atom stereocenters. The van der Waals surface area contributed by atoms with Crippen LogP contribution in [-0.2, 0) is 9.53 Å². The van der Waals surface area contributed by atoms with Crippen LogP contribution in [0, 0.1) is 6.92 Å². The Labute approximate surface area is 161 Å². The SMILES string of the molecule is Cc1cnc(C(=O)N(CCC[NH+]2CCOCC2)CCC(=O)NC(C)C)cn1. The smallest absolute Gasteiger partial charge is 0.274 e. The number of morpholine rings is 1. The zero-order valence-electron chi connectivity index (χ0n) is 16.7. The summed E-state index contributed by atoms with van der Waals surface area (Å²) < 4.78 is 5.38. The average Bonchev–Trinajstić information content (AvgIpc) is 2.65. The summed E-state index contributed by atoms with van der Waals surface area (Å²) in [5.74, 6) is -0.214. The van der Waals surface area contributed by atoms with Crippen LogP contribution in [0.15, 0.2) is 12.4 Å². The van der Waals surface area contributed by atoms with E-state index in [1.165, 1.54) is 11.1 Å². The summed E-state index contributed by atoms with van der Waals surface area (Å²) in [6.07, 6.45) is 4.26. The van der Waals surface area contributed by atoms with Crippen molar-refractivity contribution in [3.05, 3.63) is 23.8 Å². The second-order valence-electron chi connectivity index (χ2n) is 7.27. The minimum Gasteiger partial charge on any atom is -0.370 e.